The van der Waals surface area contributed by atoms with Gasteiger partial charge in [0.2, 0.25) is 0 Å². The van der Waals surface area contributed by atoms with Crippen molar-refractivity contribution in [2.45, 2.75) is 111 Å². The van der Waals surface area contributed by atoms with Gasteiger partial charge in [-0.15, -0.1) is 0 Å². The summed E-state index contributed by atoms with van der Waals surface area (Å²) in [6.07, 6.45) is 4.63. The first-order valence-electron chi connectivity index (χ1n) is 12.8. The van der Waals surface area contributed by atoms with Crippen LogP contribution in [0, 0.1) is 6.92 Å². The first kappa shape index (κ1) is 28.6. The van der Waals surface area contributed by atoms with Gasteiger partial charge in [0, 0.05) is 21.8 Å². The van der Waals surface area contributed by atoms with Crippen LogP contribution in [0.3, 0.4) is 0 Å². The number of rotatable bonds is 9. The highest BCUT2D eigenvalue weighted by Gasteiger charge is 2.35. The fourth-order valence-corrected chi connectivity index (χ4v) is 6.36. The minimum Gasteiger partial charge on any atom is -0.496 e. The maximum Gasteiger partial charge on any atom is 0.160 e. The van der Waals surface area contributed by atoms with E-state index < -0.39 is 0 Å². The lowest BCUT2D eigenvalue weighted by molar-refractivity contribution is 0.101. The number of methoxy groups -OCH3 is 1. The molecular formula is C31H47O2P. The zero-order valence-electron chi connectivity index (χ0n) is 23.5. The Morgan fingerprint density at radius 3 is 2.03 bits per heavy atom. The van der Waals surface area contributed by atoms with Crippen LogP contribution < -0.4 is 10.0 Å². The molecule has 34 heavy (non-hydrogen) atoms. The predicted octanol–water partition coefficient (Wildman–Crippen LogP) is 8.60. The van der Waals surface area contributed by atoms with E-state index in [0.29, 0.717) is 8.58 Å². The van der Waals surface area contributed by atoms with Crippen LogP contribution in [0.1, 0.15) is 121 Å². The second-order valence-electron chi connectivity index (χ2n) is 12.1. The SMILES string of the molecule is CCCCCC(C)(Pc1ccc(C)cc1C(C)=O)c1cc(C(C)(C)C)cc(C(C)(C)C)c1OC. The number of ketones is 1. The molecule has 0 aliphatic heterocycles. The van der Waals surface area contributed by atoms with Gasteiger partial charge in [-0.1, -0.05) is 113 Å². The molecule has 2 atom stereocenters. The largest absolute Gasteiger partial charge is 0.496 e. The molecule has 2 rings (SSSR count). The number of Topliss-reactive ketones (excluding diaryl/α,β-unsaturated/α-hetero) is 1. The lowest BCUT2D eigenvalue weighted by atomic mass is 9.76. The van der Waals surface area contributed by atoms with E-state index in [2.05, 4.69) is 92.6 Å². The van der Waals surface area contributed by atoms with Crippen LogP contribution in [0.2, 0.25) is 0 Å². The molecule has 0 N–H and O–H groups in total. The number of aryl methyl sites for hydroxylation is 1. The molecule has 0 heterocycles. The highest BCUT2D eigenvalue weighted by Crippen LogP contribution is 2.52. The monoisotopic (exact) mass is 482 g/mol. The van der Waals surface area contributed by atoms with Gasteiger partial charge in [0.1, 0.15) is 5.75 Å². The number of carbonyl (C=O) groups is 1. The number of ether oxygens (including phenoxy) is 1. The summed E-state index contributed by atoms with van der Waals surface area (Å²) in [7, 11) is 2.30. The van der Waals surface area contributed by atoms with Crippen LogP contribution in [-0.4, -0.2) is 12.9 Å². The zero-order chi connectivity index (χ0) is 25.9. The summed E-state index contributed by atoms with van der Waals surface area (Å²) < 4.78 is 6.20. The van der Waals surface area contributed by atoms with Crippen LogP contribution >= 0.6 is 8.58 Å². The Morgan fingerprint density at radius 2 is 1.53 bits per heavy atom. The third-order valence-electron chi connectivity index (χ3n) is 6.81. The van der Waals surface area contributed by atoms with E-state index in [0.717, 1.165) is 35.0 Å². The number of unbranched alkanes of at least 4 members (excludes halogenated alkanes) is 2. The molecule has 0 aliphatic rings. The summed E-state index contributed by atoms with van der Waals surface area (Å²) in [6, 6.07) is 11.1. The summed E-state index contributed by atoms with van der Waals surface area (Å²) in [5.74, 6) is 1.16. The van der Waals surface area contributed by atoms with Crippen molar-refractivity contribution in [1.29, 1.82) is 0 Å². The molecule has 0 amide bonds. The Bertz CT molecular complexity index is 1010. The molecule has 2 nitrogen and oxygen atoms in total. The average molecular weight is 483 g/mol. The van der Waals surface area contributed by atoms with Crippen molar-refractivity contribution in [3.05, 3.63) is 58.1 Å². The number of benzene rings is 2. The van der Waals surface area contributed by atoms with E-state index in [1.54, 1.807) is 6.92 Å². The minimum atomic E-state index is -0.124. The van der Waals surface area contributed by atoms with Gasteiger partial charge in [-0.2, -0.15) is 0 Å². The summed E-state index contributed by atoms with van der Waals surface area (Å²) in [6.45, 7) is 22.1. The van der Waals surface area contributed by atoms with E-state index in [1.165, 1.54) is 29.5 Å². The van der Waals surface area contributed by atoms with Crippen molar-refractivity contribution < 1.29 is 9.53 Å². The van der Waals surface area contributed by atoms with Gasteiger partial charge in [0.15, 0.2) is 5.78 Å². The molecule has 0 aromatic heterocycles. The highest BCUT2D eigenvalue weighted by atomic mass is 31.1. The molecule has 0 saturated carbocycles. The van der Waals surface area contributed by atoms with Crippen LogP contribution in [0.4, 0.5) is 0 Å². The number of hydrogen-bond acceptors (Lipinski definition) is 2. The second-order valence-corrected chi connectivity index (χ2v) is 14.0. The summed E-state index contributed by atoms with van der Waals surface area (Å²) in [5, 5.41) is 1.04. The fraction of sp³-hybridized carbons (Fsp3) is 0.581. The quantitative estimate of drug-likeness (QED) is 0.203. The van der Waals surface area contributed by atoms with Crippen LogP contribution in [0.25, 0.3) is 0 Å². The van der Waals surface area contributed by atoms with Crippen molar-refractivity contribution in [2.24, 2.45) is 0 Å². The third kappa shape index (κ3) is 6.72. The molecule has 0 radical (unpaired) electrons. The number of carbonyl (C=O) groups excluding carboxylic acids is 1. The fourth-order valence-electron chi connectivity index (χ4n) is 4.60. The standard InChI is InChI=1S/C31H47O2P/c1-12-13-14-17-31(10,34-27-16-15-21(2)18-24(27)22(3)32)26-20-23(29(4,5)6)19-25(28(26)33-11)30(7,8)9/h15-16,18-20,34H,12-14,17H2,1-11H3. The summed E-state index contributed by atoms with van der Waals surface area (Å²) in [4.78, 5) is 12.6. The van der Waals surface area contributed by atoms with Gasteiger partial charge in [0.05, 0.1) is 7.11 Å². The van der Waals surface area contributed by atoms with Crippen LogP contribution in [-0.2, 0) is 16.0 Å². The Balaban J connectivity index is 2.83. The highest BCUT2D eigenvalue weighted by molar-refractivity contribution is 7.48. The lowest BCUT2D eigenvalue weighted by Gasteiger charge is -2.37. The molecule has 2 unspecified atom stereocenters. The van der Waals surface area contributed by atoms with Crippen molar-refractivity contribution >= 4 is 19.7 Å². The van der Waals surface area contributed by atoms with Gasteiger partial charge in [-0.25, -0.2) is 0 Å². The molecule has 3 heteroatoms. The van der Waals surface area contributed by atoms with Crippen LogP contribution in [0.5, 0.6) is 5.75 Å². The van der Waals surface area contributed by atoms with Crippen molar-refractivity contribution in [3.8, 4) is 5.75 Å². The van der Waals surface area contributed by atoms with E-state index in [4.69, 9.17) is 4.74 Å². The third-order valence-corrected chi connectivity index (χ3v) is 8.58. The molecule has 0 fully saturated rings. The Labute approximate surface area is 211 Å². The van der Waals surface area contributed by atoms with Gasteiger partial charge >= 0.3 is 0 Å². The van der Waals surface area contributed by atoms with E-state index in [-0.39, 0.29) is 21.8 Å². The lowest BCUT2D eigenvalue weighted by Crippen LogP contribution is -2.26. The molecule has 0 spiro atoms. The summed E-state index contributed by atoms with van der Waals surface area (Å²) in [5.41, 5.74) is 5.88. The maximum atomic E-state index is 12.6. The molecular weight excluding hydrogens is 435 g/mol. The second kappa shape index (κ2) is 10.9. The Morgan fingerprint density at radius 1 is 0.912 bits per heavy atom. The Hall–Kier alpha value is -1.66. The first-order valence-corrected chi connectivity index (χ1v) is 13.8. The van der Waals surface area contributed by atoms with Gasteiger partial charge in [-0.3, -0.25) is 4.79 Å². The molecule has 2 aromatic rings. The molecule has 188 valence electrons. The molecule has 0 saturated heterocycles. The molecule has 0 bridgehead atoms. The number of hydrogen-bond donors (Lipinski definition) is 0. The Kier molecular flexibility index (Phi) is 9.20. The average Bonchev–Trinajstić information content (AvgIpc) is 2.72. The van der Waals surface area contributed by atoms with Gasteiger partial charge in [0.25, 0.3) is 0 Å². The van der Waals surface area contributed by atoms with Crippen LogP contribution in [0.15, 0.2) is 30.3 Å². The van der Waals surface area contributed by atoms with Crippen molar-refractivity contribution in [1.82, 2.24) is 0 Å². The van der Waals surface area contributed by atoms with Gasteiger partial charge in [-0.05, 0) is 48.0 Å². The first-order chi connectivity index (χ1) is 15.6. The predicted molar refractivity (Wildman–Crippen MR) is 151 cm³/mol. The summed E-state index contributed by atoms with van der Waals surface area (Å²) >= 11 is 0. The zero-order valence-corrected chi connectivity index (χ0v) is 24.5. The van der Waals surface area contributed by atoms with Crippen molar-refractivity contribution in [3.63, 3.8) is 0 Å². The molecule has 2 aromatic carbocycles. The van der Waals surface area contributed by atoms with E-state index in [1.807, 2.05) is 7.11 Å². The van der Waals surface area contributed by atoms with E-state index >= 15 is 0 Å². The maximum absolute atomic E-state index is 12.6. The van der Waals surface area contributed by atoms with E-state index in [9.17, 15) is 4.79 Å². The normalized spacial score (nSPS) is 14.4. The topological polar surface area (TPSA) is 26.3 Å². The van der Waals surface area contributed by atoms with Crippen molar-refractivity contribution in [2.75, 3.05) is 7.11 Å². The van der Waals surface area contributed by atoms with Gasteiger partial charge < -0.3 is 4.74 Å². The minimum absolute atomic E-state index is 0.0306. The molecule has 0 aliphatic carbocycles. The smallest absolute Gasteiger partial charge is 0.160 e.